The maximum Gasteiger partial charge on any atom is 0.328 e. The van der Waals surface area contributed by atoms with Gasteiger partial charge < -0.3 is 10.1 Å². The fourth-order valence-electron chi connectivity index (χ4n) is 0.926. The van der Waals surface area contributed by atoms with Gasteiger partial charge in [0.15, 0.2) is 5.69 Å². The van der Waals surface area contributed by atoms with Crippen LogP contribution in [0.15, 0.2) is 12.1 Å². The Labute approximate surface area is 86.9 Å². The van der Waals surface area contributed by atoms with Crippen molar-refractivity contribution in [2.75, 3.05) is 12.4 Å². The molecule has 1 atom stereocenters. The normalized spacial score (nSPS) is 11.3. The van der Waals surface area contributed by atoms with E-state index in [0.29, 0.717) is 5.82 Å². The molecule has 0 saturated carbocycles. The molecule has 0 aliphatic heterocycles. The smallest absolute Gasteiger partial charge is 0.328 e. The largest absolute Gasteiger partial charge is 0.467 e. The minimum absolute atomic E-state index is 0.228. The standard InChI is InChI=1S/C9H10N4O2/c1-6(9(14)15-2)11-8-4-3-7(5-10)12-13-8/h3-4,6H,1-2H3,(H,11,13). The lowest BCUT2D eigenvalue weighted by atomic mass is 10.3. The van der Waals surface area contributed by atoms with Crippen LogP contribution in [0, 0.1) is 11.3 Å². The number of hydrogen-bond donors (Lipinski definition) is 1. The molecule has 0 bridgehead atoms. The Morgan fingerprint density at radius 3 is 2.80 bits per heavy atom. The Morgan fingerprint density at radius 2 is 2.33 bits per heavy atom. The zero-order valence-electron chi connectivity index (χ0n) is 8.39. The quantitative estimate of drug-likeness (QED) is 0.716. The van der Waals surface area contributed by atoms with Gasteiger partial charge in [0.2, 0.25) is 0 Å². The van der Waals surface area contributed by atoms with Crippen molar-refractivity contribution in [2.45, 2.75) is 13.0 Å². The lowest BCUT2D eigenvalue weighted by Gasteiger charge is -2.10. The summed E-state index contributed by atoms with van der Waals surface area (Å²) in [6.07, 6.45) is 0. The van der Waals surface area contributed by atoms with E-state index < -0.39 is 6.04 Å². The summed E-state index contributed by atoms with van der Waals surface area (Å²) in [6.45, 7) is 1.64. The van der Waals surface area contributed by atoms with Crippen LogP contribution in [0.25, 0.3) is 0 Å². The molecular weight excluding hydrogens is 196 g/mol. The molecular formula is C9H10N4O2. The third kappa shape index (κ3) is 2.91. The van der Waals surface area contributed by atoms with Crippen LogP contribution in [-0.2, 0) is 9.53 Å². The summed E-state index contributed by atoms with van der Waals surface area (Å²) in [7, 11) is 1.31. The van der Waals surface area contributed by atoms with E-state index in [0.717, 1.165) is 0 Å². The highest BCUT2D eigenvalue weighted by molar-refractivity contribution is 5.78. The van der Waals surface area contributed by atoms with Crippen molar-refractivity contribution in [3.8, 4) is 6.07 Å². The summed E-state index contributed by atoms with van der Waals surface area (Å²) in [6, 6.07) is 4.43. The Balaban J connectivity index is 2.66. The molecule has 0 aliphatic rings. The highest BCUT2D eigenvalue weighted by Gasteiger charge is 2.12. The predicted octanol–water partition coefficient (Wildman–Crippen LogP) is 0.322. The van der Waals surface area contributed by atoms with Gasteiger partial charge in [0, 0.05) is 0 Å². The van der Waals surface area contributed by atoms with E-state index in [1.54, 1.807) is 13.0 Å². The lowest BCUT2D eigenvalue weighted by molar-refractivity contribution is -0.141. The van der Waals surface area contributed by atoms with Gasteiger partial charge in [-0.2, -0.15) is 5.26 Å². The van der Waals surface area contributed by atoms with Gasteiger partial charge in [0.1, 0.15) is 17.9 Å². The Kier molecular flexibility index (Phi) is 3.57. The minimum atomic E-state index is -0.503. The zero-order chi connectivity index (χ0) is 11.3. The number of nitrogens with zero attached hydrogens (tertiary/aromatic N) is 3. The maximum atomic E-state index is 11.1. The summed E-state index contributed by atoms with van der Waals surface area (Å²) in [5, 5.41) is 18.6. The van der Waals surface area contributed by atoms with Crippen LogP contribution < -0.4 is 5.32 Å². The SMILES string of the molecule is COC(=O)C(C)Nc1ccc(C#N)nn1. The Hall–Kier alpha value is -2.16. The van der Waals surface area contributed by atoms with Gasteiger partial charge in [0.05, 0.1) is 7.11 Å². The highest BCUT2D eigenvalue weighted by atomic mass is 16.5. The number of nitriles is 1. The van der Waals surface area contributed by atoms with Gasteiger partial charge in [-0.1, -0.05) is 0 Å². The van der Waals surface area contributed by atoms with Crippen molar-refractivity contribution in [1.29, 1.82) is 5.26 Å². The van der Waals surface area contributed by atoms with Crippen LogP contribution in [0.2, 0.25) is 0 Å². The first-order valence-corrected chi connectivity index (χ1v) is 4.25. The fourth-order valence-corrected chi connectivity index (χ4v) is 0.926. The molecule has 0 radical (unpaired) electrons. The Morgan fingerprint density at radius 1 is 1.60 bits per heavy atom. The van der Waals surface area contributed by atoms with Crippen molar-refractivity contribution < 1.29 is 9.53 Å². The number of anilines is 1. The van der Waals surface area contributed by atoms with Gasteiger partial charge >= 0.3 is 5.97 Å². The van der Waals surface area contributed by atoms with Crippen LogP contribution in [0.4, 0.5) is 5.82 Å². The summed E-state index contributed by atoms with van der Waals surface area (Å²) < 4.78 is 4.53. The van der Waals surface area contributed by atoms with Crippen molar-refractivity contribution in [3.63, 3.8) is 0 Å². The zero-order valence-corrected chi connectivity index (χ0v) is 8.39. The number of esters is 1. The second-order valence-corrected chi connectivity index (χ2v) is 2.80. The van der Waals surface area contributed by atoms with Crippen molar-refractivity contribution in [2.24, 2.45) is 0 Å². The van der Waals surface area contributed by atoms with Crippen molar-refractivity contribution in [3.05, 3.63) is 17.8 Å². The van der Waals surface area contributed by atoms with Crippen LogP contribution >= 0.6 is 0 Å². The third-order valence-corrected chi connectivity index (χ3v) is 1.70. The number of hydrogen-bond acceptors (Lipinski definition) is 6. The number of carbonyl (C=O) groups is 1. The molecule has 0 aliphatic carbocycles. The van der Waals surface area contributed by atoms with Crippen LogP contribution in [-0.4, -0.2) is 29.3 Å². The number of rotatable bonds is 3. The number of nitrogens with one attached hydrogen (secondary N) is 1. The molecule has 1 aromatic heterocycles. The minimum Gasteiger partial charge on any atom is -0.467 e. The van der Waals surface area contributed by atoms with E-state index in [1.165, 1.54) is 13.2 Å². The molecule has 1 heterocycles. The Bertz CT molecular complexity index is 382. The van der Waals surface area contributed by atoms with E-state index >= 15 is 0 Å². The summed E-state index contributed by atoms with van der Waals surface area (Å²) in [4.78, 5) is 11.1. The molecule has 1 rings (SSSR count). The van der Waals surface area contributed by atoms with Gasteiger partial charge in [0.25, 0.3) is 0 Å². The van der Waals surface area contributed by atoms with Gasteiger partial charge in [-0.25, -0.2) is 4.79 Å². The fraction of sp³-hybridized carbons (Fsp3) is 0.333. The first-order valence-electron chi connectivity index (χ1n) is 4.25. The number of ether oxygens (including phenoxy) is 1. The first-order chi connectivity index (χ1) is 7.17. The second kappa shape index (κ2) is 4.91. The number of methoxy groups -OCH3 is 1. The van der Waals surface area contributed by atoms with Crippen molar-refractivity contribution >= 4 is 11.8 Å². The number of carbonyl (C=O) groups excluding carboxylic acids is 1. The van der Waals surface area contributed by atoms with Crippen molar-refractivity contribution in [1.82, 2.24) is 10.2 Å². The number of aromatic nitrogens is 2. The summed E-state index contributed by atoms with van der Waals surface area (Å²) in [5.74, 6) is 0.0352. The molecule has 1 unspecified atom stereocenters. The third-order valence-electron chi connectivity index (χ3n) is 1.70. The van der Waals surface area contributed by atoms with Gasteiger partial charge in [-0.3, -0.25) is 0 Å². The van der Waals surface area contributed by atoms with Crippen LogP contribution in [0.1, 0.15) is 12.6 Å². The molecule has 6 nitrogen and oxygen atoms in total. The molecule has 1 N–H and O–H groups in total. The molecule has 15 heavy (non-hydrogen) atoms. The second-order valence-electron chi connectivity index (χ2n) is 2.80. The topological polar surface area (TPSA) is 87.9 Å². The van der Waals surface area contributed by atoms with E-state index in [9.17, 15) is 4.79 Å². The summed E-state index contributed by atoms with van der Waals surface area (Å²) >= 11 is 0. The summed E-state index contributed by atoms with van der Waals surface area (Å²) in [5.41, 5.74) is 0.228. The molecule has 1 aromatic rings. The lowest BCUT2D eigenvalue weighted by Crippen LogP contribution is -2.27. The van der Waals surface area contributed by atoms with Crippen LogP contribution in [0.3, 0.4) is 0 Å². The average molecular weight is 206 g/mol. The average Bonchev–Trinajstić information content (AvgIpc) is 2.29. The van der Waals surface area contributed by atoms with E-state index in [4.69, 9.17) is 5.26 Å². The molecule has 0 saturated heterocycles. The van der Waals surface area contributed by atoms with E-state index in [1.807, 2.05) is 6.07 Å². The predicted molar refractivity (Wildman–Crippen MR) is 51.8 cm³/mol. The molecule has 0 fully saturated rings. The molecule has 0 aromatic carbocycles. The molecule has 78 valence electrons. The molecule has 6 heteroatoms. The van der Waals surface area contributed by atoms with Crippen LogP contribution in [0.5, 0.6) is 0 Å². The highest BCUT2D eigenvalue weighted by Crippen LogP contribution is 2.03. The maximum absolute atomic E-state index is 11.1. The van der Waals surface area contributed by atoms with E-state index in [-0.39, 0.29) is 11.7 Å². The van der Waals surface area contributed by atoms with E-state index in [2.05, 4.69) is 20.3 Å². The molecule has 0 amide bonds. The first kappa shape index (κ1) is 10.9. The van der Waals surface area contributed by atoms with Gasteiger partial charge in [-0.15, -0.1) is 10.2 Å². The van der Waals surface area contributed by atoms with Gasteiger partial charge in [-0.05, 0) is 19.1 Å². The monoisotopic (exact) mass is 206 g/mol. The molecule has 0 spiro atoms.